The van der Waals surface area contributed by atoms with Gasteiger partial charge in [0, 0.05) is 9.17 Å². The first-order chi connectivity index (χ1) is 1.73. The Balaban J connectivity index is -0.00000000750. The van der Waals surface area contributed by atoms with Crippen LogP contribution in [0.5, 0.6) is 0 Å². The summed E-state index contributed by atoms with van der Waals surface area (Å²) in [7, 11) is -3.63. The van der Waals surface area contributed by atoms with Gasteiger partial charge >= 0.3 is 140 Å². The third-order valence-corrected chi connectivity index (χ3v) is 0. The monoisotopic (exact) mass is 170 g/mol. The molecule has 0 unspecified atom stereocenters. The van der Waals surface area contributed by atoms with Crippen molar-refractivity contribution in [1.82, 2.24) is 0 Å². The van der Waals surface area contributed by atoms with Gasteiger partial charge in [0.2, 0.25) is 0 Å². The Labute approximate surface area is 159 Å². The second-order valence-corrected chi connectivity index (χ2v) is 0.750. The average molecular weight is 170 g/mol. The Morgan fingerprint density at radius 1 is 1.00 bits per heavy atom. The number of hydrogen-bond donors (Lipinski definition) is 0. The van der Waals surface area contributed by atoms with E-state index in [0.717, 1.165) is 0 Å². The third-order valence-electron chi connectivity index (χ3n) is 0. The van der Waals surface area contributed by atoms with E-state index in [1.54, 1.807) is 0 Å². The van der Waals surface area contributed by atoms with Crippen molar-refractivity contribution in [3.63, 3.8) is 0 Å². The van der Waals surface area contributed by atoms with E-state index in [0.29, 0.717) is 0 Å². The number of rotatable bonds is 0. The second kappa shape index (κ2) is 22.5. The SMILES string of the molecule is O=[Si]([O-])[O-].[KH].[KH].[Li+].[Li+]. The minimum absolute atomic E-state index is 0. The summed E-state index contributed by atoms with van der Waals surface area (Å²) in [4.78, 5) is 17.0. The van der Waals surface area contributed by atoms with Crippen LogP contribution < -0.4 is 47.3 Å². The normalized spacial score (nSPS) is 3.00. The molecule has 0 heterocycles. The molecular formula is H2K2Li2O3Si. The van der Waals surface area contributed by atoms with E-state index in [2.05, 4.69) is 0 Å². The molecule has 0 radical (unpaired) electrons. The van der Waals surface area contributed by atoms with Gasteiger partial charge in [0.25, 0.3) is 0 Å². The van der Waals surface area contributed by atoms with Crippen molar-refractivity contribution in [3.8, 4) is 0 Å². The number of hydrogen-bond acceptors (Lipinski definition) is 3. The first-order valence-corrected chi connectivity index (χ1v) is 1.84. The van der Waals surface area contributed by atoms with Crippen molar-refractivity contribution in [2.75, 3.05) is 0 Å². The predicted octanol–water partition coefficient (Wildman–Crippen LogP) is -10.2. The molecule has 0 N–H and O–H groups in total. The first-order valence-electron chi connectivity index (χ1n) is 0.612. The molecule has 0 aromatic carbocycles. The zero-order valence-corrected chi connectivity index (χ0v) is 4.72. The first kappa shape index (κ1) is 29.6. The van der Waals surface area contributed by atoms with Crippen molar-refractivity contribution < 1.29 is 51.8 Å². The van der Waals surface area contributed by atoms with Crippen molar-refractivity contribution in [3.05, 3.63) is 0 Å². The van der Waals surface area contributed by atoms with Crippen LogP contribution in [0.2, 0.25) is 0 Å². The van der Waals surface area contributed by atoms with Gasteiger partial charge in [0.1, 0.15) is 0 Å². The molecule has 0 rings (SSSR count). The van der Waals surface area contributed by atoms with Crippen molar-refractivity contribution in [1.29, 1.82) is 0 Å². The summed E-state index contributed by atoms with van der Waals surface area (Å²) in [6.45, 7) is 0. The van der Waals surface area contributed by atoms with E-state index in [1.165, 1.54) is 0 Å². The molecule has 0 aliphatic heterocycles. The molecule has 0 aliphatic rings. The summed E-state index contributed by atoms with van der Waals surface area (Å²) < 4.78 is 8.52. The van der Waals surface area contributed by atoms with Crippen LogP contribution in [-0.2, 0) is 4.46 Å². The van der Waals surface area contributed by atoms with E-state index in [4.69, 9.17) is 14.1 Å². The zero-order chi connectivity index (χ0) is 3.58. The summed E-state index contributed by atoms with van der Waals surface area (Å²) in [5, 5.41) is 0. The molecule has 28 valence electrons. The fourth-order valence-corrected chi connectivity index (χ4v) is 0. The Bertz CT molecular complexity index is 38.3. The average Bonchev–Trinajstić information content (AvgIpc) is 0.811. The molecule has 0 spiro atoms. The molecule has 8 heavy (non-hydrogen) atoms. The quantitative estimate of drug-likeness (QED) is 0.339. The third kappa shape index (κ3) is 49.9. The summed E-state index contributed by atoms with van der Waals surface area (Å²) in [6.07, 6.45) is 0. The Morgan fingerprint density at radius 3 is 1.00 bits per heavy atom. The molecule has 0 aromatic heterocycles. The second-order valence-electron chi connectivity index (χ2n) is 0.250. The summed E-state index contributed by atoms with van der Waals surface area (Å²) in [6, 6.07) is 0. The topological polar surface area (TPSA) is 63.2 Å². The maximum atomic E-state index is 8.52. The van der Waals surface area contributed by atoms with E-state index in [1.807, 2.05) is 0 Å². The van der Waals surface area contributed by atoms with Crippen molar-refractivity contribution in [2.24, 2.45) is 0 Å². The molecule has 0 bridgehead atoms. The minimum atomic E-state index is -3.63. The fourth-order valence-electron chi connectivity index (χ4n) is 0. The maximum absolute atomic E-state index is 8.52. The Kier molecular flexibility index (Phi) is 83.1. The van der Waals surface area contributed by atoms with Gasteiger partial charge < -0.3 is 14.1 Å². The van der Waals surface area contributed by atoms with Crippen LogP contribution in [0.25, 0.3) is 0 Å². The van der Waals surface area contributed by atoms with Gasteiger partial charge in [-0.1, -0.05) is 0 Å². The molecule has 0 amide bonds. The summed E-state index contributed by atoms with van der Waals surface area (Å²) in [5.41, 5.74) is 0. The summed E-state index contributed by atoms with van der Waals surface area (Å²) >= 11 is 0. The van der Waals surface area contributed by atoms with Crippen molar-refractivity contribution in [2.45, 2.75) is 0 Å². The molecule has 0 saturated heterocycles. The van der Waals surface area contributed by atoms with Crippen LogP contribution in [0.1, 0.15) is 0 Å². The van der Waals surface area contributed by atoms with Gasteiger partial charge in [0.15, 0.2) is 0 Å². The molecule has 0 aliphatic carbocycles. The van der Waals surface area contributed by atoms with Crippen LogP contribution in [0.4, 0.5) is 0 Å². The van der Waals surface area contributed by atoms with E-state index >= 15 is 0 Å². The summed E-state index contributed by atoms with van der Waals surface area (Å²) in [5.74, 6) is 0. The van der Waals surface area contributed by atoms with E-state index in [9.17, 15) is 0 Å². The van der Waals surface area contributed by atoms with Crippen molar-refractivity contribution >= 4 is 112 Å². The van der Waals surface area contributed by atoms with Gasteiger partial charge in [-0.05, 0) is 0 Å². The standard InChI is InChI=1S/2K.2Li.O3Si.2H/c;;;;1-4(2)3;;/q;;2*+1;-2;;. The fraction of sp³-hybridized carbons (Fsp3) is 0. The maximum Gasteiger partial charge on any atom is 1.00 e. The Morgan fingerprint density at radius 2 is 1.00 bits per heavy atom. The molecule has 0 saturated carbocycles. The van der Waals surface area contributed by atoms with Gasteiger partial charge in [-0.15, -0.1) is 0 Å². The van der Waals surface area contributed by atoms with Gasteiger partial charge in [-0.3, -0.25) is 0 Å². The zero-order valence-electron chi connectivity index (χ0n) is 3.72. The molecule has 3 nitrogen and oxygen atoms in total. The van der Waals surface area contributed by atoms with Crippen LogP contribution in [0.3, 0.4) is 0 Å². The van der Waals surface area contributed by atoms with Gasteiger partial charge in [-0.25, -0.2) is 0 Å². The molecular weight excluding hydrogens is 168 g/mol. The van der Waals surface area contributed by atoms with Crippen LogP contribution >= 0.6 is 0 Å². The van der Waals surface area contributed by atoms with Crippen LogP contribution in [0, 0.1) is 0 Å². The van der Waals surface area contributed by atoms with E-state index in [-0.39, 0.29) is 140 Å². The smallest absolute Gasteiger partial charge is 1.00 e. The van der Waals surface area contributed by atoms with Gasteiger partial charge in [-0.2, -0.15) is 0 Å². The molecule has 0 fully saturated rings. The van der Waals surface area contributed by atoms with Crippen LogP contribution in [-0.4, -0.2) is 112 Å². The largest absolute Gasteiger partial charge is 1.00 e. The molecule has 0 atom stereocenters. The molecule has 8 heteroatoms. The Hall–Kier alpha value is 4.08. The minimum Gasteiger partial charge on any atom is 1.00 e. The van der Waals surface area contributed by atoms with Crippen LogP contribution in [0.15, 0.2) is 0 Å². The predicted molar refractivity (Wildman–Crippen MR) is 20.7 cm³/mol. The van der Waals surface area contributed by atoms with Gasteiger partial charge in [0.05, 0.1) is 0 Å². The van der Waals surface area contributed by atoms with E-state index < -0.39 is 9.17 Å². The molecule has 0 aromatic rings.